The molecular formula is C19H22BrNO3. The second-order valence-electron chi connectivity index (χ2n) is 6.77. The molecule has 1 atom stereocenters. The number of aryl methyl sites for hydroxylation is 1. The van der Waals surface area contributed by atoms with Crippen LogP contribution >= 0.6 is 15.9 Å². The highest BCUT2D eigenvalue weighted by molar-refractivity contribution is 9.10. The summed E-state index contributed by atoms with van der Waals surface area (Å²) in [4.78, 5) is 26.5. The van der Waals surface area contributed by atoms with Crippen molar-refractivity contribution < 1.29 is 14.7 Å². The second-order valence-corrected chi connectivity index (χ2v) is 7.62. The summed E-state index contributed by atoms with van der Waals surface area (Å²) in [6, 6.07) is 5.35. The van der Waals surface area contributed by atoms with Gasteiger partial charge in [-0.25, -0.2) is 0 Å². The Kier molecular flexibility index (Phi) is 4.81. The fourth-order valence-electron chi connectivity index (χ4n) is 3.91. The van der Waals surface area contributed by atoms with E-state index in [0.29, 0.717) is 0 Å². The van der Waals surface area contributed by atoms with Gasteiger partial charge in [-0.3, -0.25) is 14.5 Å². The summed E-state index contributed by atoms with van der Waals surface area (Å²) in [6.07, 6.45) is 5.36. The maximum Gasteiger partial charge on any atom is 0.294 e. The highest BCUT2D eigenvalue weighted by Gasteiger charge is 2.46. The molecule has 0 saturated heterocycles. The van der Waals surface area contributed by atoms with E-state index in [0.717, 1.165) is 41.4 Å². The van der Waals surface area contributed by atoms with Crippen molar-refractivity contribution in [1.82, 2.24) is 0 Å². The van der Waals surface area contributed by atoms with Crippen LogP contribution in [0, 0.1) is 12.8 Å². The van der Waals surface area contributed by atoms with Gasteiger partial charge in [-0.15, -0.1) is 0 Å². The third-order valence-corrected chi connectivity index (χ3v) is 6.01. The van der Waals surface area contributed by atoms with Gasteiger partial charge in [-0.2, -0.15) is 0 Å². The lowest BCUT2D eigenvalue weighted by Gasteiger charge is -2.35. The standard InChI is InChI=1S/C19H22BrNO3/c1-11-8-9-14(10-15(11)20)21-17(13-6-4-3-5-7-13)16(12(2)22)18(23)19(21)24/h8-10,13,17,23H,3-7H2,1-2H3. The van der Waals surface area contributed by atoms with Gasteiger partial charge in [0.1, 0.15) is 0 Å². The highest BCUT2D eigenvalue weighted by Crippen LogP contribution is 2.40. The van der Waals surface area contributed by atoms with Crippen LogP contribution < -0.4 is 4.90 Å². The van der Waals surface area contributed by atoms with Gasteiger partial charge in [-0.1, -0.05) is 41.3 Å². The summed E-state index contributed by atoms with van der Waals surface area (Å²) in [5, 5.41) is 10.3. The Bertz CT molecular complexity index is 719. The molecule has 1 aromatic rings. The van der Waals surface area contributed by atoms with E-state index in [1.54, 1.807) is 4.90 Å². The zero-order valence-electron chi connectivity index (χ0n) is 14.0. The van der Waals surface area contributed by atoms with Crippen molar-refractivity contribution in [3.8, 4) is 0 Å². The van der Waals surface area contributed by atoms with Crippen molar-refractivity contribution in [2.24, 2.45) is 5.92 Å². The topological polar surface area (TPSA) is 57.6 Å². The third kappa shape index (κ3) is 2.90. The number of rotatable bonds is 3. The molecule has 4 nitrogen and oxygen atoms in total. The number of ketones is 1. The predicted octanol–water partition coefficient (Wildman–Crippen LogP) is 4.45. The van der Waals surface area contributed by atoms with Crippen LogP contribution in [0.3, 0.4) is 0 Å². The fourth-order valence-corrected chi connectivity index (χ4v) is 4.27. The molecule has 3 rings (SSSR count). The van der Waals surface area contributed by atoms with Crippen LogP contribution in [-0.2, 0) is 9.59 Å². The first-order valence-corrected chi connectivity index (χ1v) is 9.25. The molecular weight excluding hydrogens is 370 g/mol. The third-order valence-electron chi connectivity index (χ3n) is 5.16. The molecule has 1 amide bonds. The Morgan fingerprint density at radius 1 is 1.25 bits per heavy atom. The summed E-state index contributed by atoms with van der Waals surface area (Å²) >= 11 is 3.51. The number of carbonyl (C=O) groups is 2. The van der Waals surface area contributed by atoms with E-state index in [1.807, 2.05) is 25.1 Å². The van der Waals surface area contributed by atoms with Gasteiger partial charge in [0.05, 0.1) is 11.6 Å². The quantitative estimate of drug-likeness (QED) is 0.827. The smallest absolute Gasteiger partial charge is 0.294 e. The fraction of sp³-hybridized carbons (Fsp3) is 0.474. The Labute approximate surface area is 150 Å². The molecule has 0 bridgehead atoms. The van der Waals surface area contributed by atoms with Gasteiger partial charge < -0.3 is 5.11 Å². The van der Waals surface area contributed by atoms with E-state index >= 15 is 0 Å². The number of hydrogen-bond acceptors (Lipinski definition) is 3. The number of Topliss-reactive ketones (excluding diaryl/α,β-unsaturated/α-hetero) is 1. The van der Waals surface area contributed by atoms with Gasteiger partial charge in [0.15, 0.2) is 11.5 Å². The summed E-state index contributed by atoms with van der Waals surface area (Å²) in [5.74, 6) is -0.849. The average Bonchev–Trinajstić information content (AvgIpc) is 2.83. The molecule has 128 valence electrons. The van der Waals surface area contributed by atoms with Gasteiger partial charge >= 0.3 is 0 Å². The first-order valence-electron chi connectivity index (χ1n) is 8.45. The largest absolute Gasteiger partial charge is 0.503 e. The lowest BCUT2D eigenvalue weighted by molar-refractivity contribution is -0.117. The molecule has 1 fully saturated rings. The minimum absolute atomic E-state index is 0.214. The van der Waals surface area contributed by atoms with Crippen molar-refractivity contribution in [2.75, 3.05) is 4.90 Å². The molecule has 5 heteroatoms. The van der Waals surface area contributed by atoms with E-state index in [2.05, 4.69) is 15.9 Å². The first kappa shape index (κ1) is 17.2. The number of nitrogens with zero attached hydrogens (tertiary/aromatic N) is 1. The van der Waals surface area contributed by atoms with Crippen LogP contribution in [0.5, 0.6) is 0 Å². The second kappa shape index (κ2) is 6.71. The van der Waals surface area contributed by atoms with Crippen molar-refractivity contribution in [2.45, 2.75) is 52.0 Å². The monoisotopic (exact) mass is 391 g/mol. The zero-order valence-corrected chi connectivity index (χ0v) is 15.6. The molecule has 0 radical (unpaired) electrons. The van der Waals surface area contributed by atoms with E-state index in [9.17, 15) is 14.7 Å². The minimum Gasteiger partial charge on any atom is -0.503 e. The number of aliphatic hydroxyl groups is 1. The lowest BCUT2D eigenvalue weighted by atomic mass is 9.80. The van der Waals surface area contributed by atoms with E-state index < -0.39 is 5.91 Å². The van der Waals surface area contributed by atoms with Crippen LogP contribution in [0.4, 0.5) is 5.69 Å². The predicted molar refractivity (Wildman–Crippen MR) is 97.1 cm³/mol. The number of carbonyl (C=O) groups excluding carboxylic acids is 2. The Hall–Kier alpha value is -1.62. The van der Waals surface area contributed by atoms with Crippen molar-refractivity contribution >= 4 is 33.3 Å². The molecule has 0 spiro atoms. The Morgan fingerprint density at radius 3 is 2.50 bits per heavy atom. The van der Waals surface area contributed by atoms with Gasteiger partial charge in [0.25, 0.3) is 5.91 Å². The number of aliphatic hydroxyl groups excluding tert-OH is 1. The molecule has 1 aliphatic carbocycles. The van der Waals surface area contributed by atoms with Gasteiger partial charge in [0.2, 0.25) is 0 Å². The van der Waals surface area contributed by atoms with Crippen LogP contribution in [0.1, 0.15) is 44.6 Å². The molecule has 2 aliphatic rings. The molecule has 1 unspecified atom stereocenters. The van der Waals surface area contributed by atoms with Crippen molar-refractivity contribution in [3.63, 3.8) is 0 Å². The Balaban J connectivity index is 2.07. The summed E-state index contributed by atoms with van der Waals surface area (Å²) in [7, 11) is 0. The maximum absolute atomic E-state index is 12.7. The normalized spacial score (nSPS) is 22.4. The van der Waals surface area contributed by atoms with Crippen LogP contribution in [0.25, 0.3) is 0 Å². The number of hydrogen-bond donors (Lipinski definition) is 1. The van der Waals surface area contributed by atoms with Gasteiger partial charge in [0, 0.05) is 10.2 Å². The van der Waals surface area contributed by atoms with E-state index in [-0.39, 0.29) is 29.1 Å². The van der Waals surface area contributed by atoms with Crippen molar-refractivity contribution in [1.29, 1.82) is 0 Å². The highest BCUT2D eigenvalue weighted by atomic mass is 79.9. The maximum atomic E-state index is 12.7. The zero-order chi connectivity index (χ0) is 17.4. The van der Waals surface area contributed by atoms with Crippen LogP contribution in [0.2, 0.25) is 0 Å². The van der Waals surface area contributed by atoms with E-state index in [1.165, 1.54) is 13.3 Å². The molecule has 24 heavy (non-hydrogen) atoms. The summed E-state index contributed by atoms with van der Waals surface area (Å²) in [6.45, 7) is 3.41. The van der Waals surface area contributed by atoms with E-state index in [4.69, 9.17) is 0 Å². The minimum atomic E-state index is -0.466. The lowest BCUT2D eigenvalue weighted by Crippen LogP contribution is -2.42. The van der Waals surface area contributed by atoms with Crippen molar-refractivity contribution in [3.05, 3.63) is 39.6 Å². The van der Waals surface area contributed by atoms with Crippen LogP contribution in [-0.4, -0.2) is 22.8 Å². The summed E-state index contributed by atoms with van der Waals surface area (Å²) in [5.41, 5.74) is 2.07. The average molecular weight is 392 g/mol. The van der Waals surface area contributed by atoms with Crippen LogP contribution in [0.15, 0.2) is 34.0 Å². The number of benzene rings is 1. The molecule has 1 aromatic carbocycles. The van der Waals surface area contributed by atoms with Gasteiger partial charge in [-0.05, 0) is 50.3 Å². The first-order chi connectivity index (χ1) is 11.4. The molecule has 1 aliphatic heterocycles. The molecule has 1 heterocycles. The SMILES string of the molecule is CC(=O)C1=C(O)C(=O)N(c2ccc(C)c(Br)c2)C1C1CCCCC1. The summed E-state index contributed by atoms with van der Waals surface area (Å²) < 4.78 is 0.908. The molecule has 1 saturated carbocycles. The number of anilines is 1. The molecule has 0 aromatic heterocycles. The Morgan fingerprint density at radius 2 is 1.92 bits per heavy atom. The number of amides is 1. The number of halogens is 1. The molecule has 1 N–H and O–H groups in total.